The van der Waals surface area contributed by atoms with Crippen LogP contribution in [0.3, 0.4) is 0 Å². The quantitative estimate of drug-likeness (QED) is 0.563. The summed E-state index contributed by atoms with van der Waals surface area (Å²) < 4.78 is 17.4. The lowest BCUT2D eigenvalue weighted by Crippen LogP contribution is -1.94. The van der Waals surface area contributed by atoms with Crippen LogP contribution >= 0.6 is 0 Å². The Bertz CT molecular complexity index is 1150. The molecule has 4 rings (SSSR count). The number of aromatic nitrogens is 4. The lowest BCUT2D eigenvalue weighted by Gasteiger charge is -2.04. The van der Waals surface area contributed by atoms with E-state index in [0.717, 1.165) is 22.9 Å². The molecule has 27 heavy (non-hydrogen) atoms. The molecule has 6 nitrogen and oxygen atoms in total. The molecule has 1 N–H and O–H groups in total. The number of phenols is 1. The number of rotatable bonds is 4. The number of aldehydes is 1. The van der Waals surface area contributed by atoms with E-state index < -0.39 is 11.6 Å². The molecule has 0 saturated carbocycles. The van der Waals surface area contributed by atoms with Crippen LogP contribution in [0.15, 0.2) is 61.1 Å². The molecule has 0 spiro atoms. The van der Waals surface area contributed by atoms with Crippen molar-refractivity contribution in [3.8, 4) is 33.8 Å². The van der Waals surface area contributed by atoms with E-state index in [1.165, 1.54) is 6.07 Å². The maximum absolute atomic E-state index is 13.8. The first-order valence-electron chi connectivity index (χ1n) is 8.18. The van der Waals surface area contributed by atoms with E-state index in [-0.39, 0.29) is 5.56 Å². The average molecular weight is 362 g/mol. The fourth-order valence-electron chi connectivity index (χ4n) is 2.88. The van der Waals surface area contributed by atoms with Gasteiger partial charge in [0, 0.05) is 25.0 Å². The number of phenolic OH excluding ortho intramolecular Hbond substituents is 1. The van der Waals surface area contributed by atoms with Crippen molar-refractivity contribution < 1.29 is 14.3 Å². The topological polar surface area (TPSA) is 72.9 Å². The Labute approximate surface area is 154 Å². The largest absolute Gasteiger partial charge is 0.504 e. The van der Waals surface area contributed by atoms with E-state index in [9.17, 15) is 14.3 Å². The first-order valence-corrected chi connectivity index (χ1v) is 8.18. The van der Waals surface area contributed by atoms with Gasteiger partial charge in [-0.25, -0.2) is 9.07 Å². The highest BCUT2D eigenvalue weighted by Gasteiger charge is 2.13. The van der Waals surface area contributed by atoms with Gasteiger partial charge in [0.1, 0.15) is 5.69 Å². The normalized spacial score (nSPS) is 10.9. The minimum absolute atomic E-state index is 0.134. The molecule has 2 aromatic heterocycles. The van der Waals surface area contributed by atoms with E-state index in [1.54, 1.807) is 10.9 Å². The van der Waals surface area contributed by atoms with Crippen LogP contribution in [-0.2, 0) is 7.05 Å². The summed E-state index contributed by atoms with van der Waals surface area (Å²) in [6.45, 7) is 0. The van der Waals surface area contributed by atoms with Gasteiger partial charge in [-0.05, 0) is 41.5 Å². The predicted octanol–water partition coefficient (Wildman–Crippen LogP) is 3.60. The molecule has 2 aromatic carbocycles. The van der Waals surface area contributed by atoms with Gasteiger partial charge in [-0.1, -0.05) is 17.3 Å². The fraction of sp³-hybridized carbons (Fsp3) is 0.0500. The molecule has 7 heteroatoms. The summed E-state index contributed by atoms with van der Waals surface area (Å²) in [6.07, 6.45) is 6.03. The van der Waals surface area contributed by atoms with Gasteiger partial charge in [-0.15, -0.1) is 5.10 Å². The molecular weight excluding hydrogens is 347 g/mol. The number of benzene rings is 2. The van der Waals surface area contributed by atoms with Gasteiger partial charge >= 0.3 is 0 Å². The van der Waals surface area contributed by atoms with Gasteiger partial charge in [0.2, 0.25) is 0 Å². The van der Waals surface area contributed by atoms with Crippen LogP contribution in [0.4, 0.5) is 4.39 Å². The van der Waals surface area contributed by atoms with Crippen LogP contribution in [0, 0.1) is 5.82 Å². The van der Waals surface area contributed by atoms with Crippen LogP contribution in [0.25, 0.3) is 28.1 Å². The van der Waals surface area contributed by atoms with Crippen molar-refractivity contribution >= 4 is 6.29 Å². The Kier molecular flexibility index (Phi) is 4.04. The molecule has 0 aliphatic carbocycles. The van der Waals surface area contributed by atoms with Gasteiger partial charge in [-0.3, -0.25) is 4.79 Å². The van der Waals surface area contributed by atoms with Crippen molar-refractivity contribution in [2.45, 2.75) is 0 Å². The van der Waals surface area contributed by atoms with Gasteiger partial charge in [0.15, 0.2) is 17.9 Å². The highest BCUT2D eigenvalue weighted by molar-refractivity contribution is 5.82. The third-order valence-electron chi connectivity index (χ3n) is 4.28. The molecule has 0 fully saturated rings. The van der Waals surface area contributed by atoms with E-state index in [1.807, 2.05) is 54.3 Å². The van der Waals surface area contributed by atoms with E-state index >= 15 is 0 Å². The summed E-state index contributed by atoms with van der Waals surface area (Å²) in [5.74, 6) is -1.55. The average Bonchev–Trinajstić information content (AvgIpc) is 3.33. The Morgan fingerprint density at radius 2 is 1.93 bits per heavy atom. The van der Waals surface area contributed by atoms with Crippen LogP contribution in [0.5, 0.6) is 5.75 Å². The van der Waals surface area contributed by atoms with Crippen molar-refractivity contribution in [3.05, 3.63) is 72.4 Å². The summed E-state index contributed by atoms with van der Waals surface area (Å²) in [4.78, 5) is 11.0. The fourth-order valence-corrected chi connectivity index (χ4v) is 2.88. The van der Waals surface area contributed by atoms with Crippen LogP contribution in [0.2, 0.25) is 0 Å². The third-order valence-corrected chi connectivity index (χ3v) is 4.28. The zero-order chi connectivity index (χ0) is 19.0. The smallest absolute Gasteiger partial charge is 0.166 e. The number of nitrogens with zero attached hydrogens (tertiary/aromatic N) is 4. The van der Waals surface area contributed by atoms with Crippen LogP contribution in [-0.4, -0.2) is 31.0 Å². The minimum Gasteiger partial charge on any atom is -0.504 e. The van der Waals surface area contributed by atoms with Crippen molar-refractivity contribution in [1.29, 1.82) is 0 Å². The second-order valence-corrected chi connectivity index (χ2v) is 6.18. The Morgan fingerprint density at radius 1 is 1.07 bits per heavy atom. The summed E-state index contributed by atoms with van der Waals surface area (Å²) in [7, 11) is 1.96. The first-order chi connectivity index (χ1) is 13.0. The number of carbonyl (C=O) groups is 1. The highest BCUT2D eigenvalue weighted by atomic mass is 19.1. The number of halogens is 1. The van der Waals surface area contributed by atoms with Gasteiger partial charge in [0.05, 0.1) is 17.4 Å². The number of aromatic hydroxyl groups is 1. The lowest BCUT2D eigenvalue weighted by molar-refractivity contribution is 0.112. The van der Waals surface area contributed by atoms with Crippen molar-refractivity contribution in [2.24, 2.45) is 7.05 Å². The molecule has 0 saturated heterocycles. The zero-order valence-corrected chi connectivity index (χ0v) is 14.4. The van der Waals surface area contributed by atoms with Crippen LogP contribution < -0.4 is 0 Å². The molecule has 2 heterocycles. The van der Waals surface area contributed by atoms with Crippen LogP contribution in [0.1, 0.15) is 10.4 Å². The Morgan fingerprint density at radius 3 is 2.67 bits per heavy atom. The molecule has 0 aliphatic heterocycles. The molecular formula is C20H15FN4O2. The summed E-state index contributed by atoms with van der Waals surface area (Å²) in [5, 5.41) is 17.7. The number of carbonyl (C=O) groups excluding carboxylic acids is 1. The summed E-state index contributed by atoms with van der Waals surface area (Å²) in [6, 6.07) is 12.3. The summed E-state index contributed by atoms with van der Waals surface area (Å²) in [5.41, 5.74) is 3.52. The molecule has 4 aromatic rings. The standard InChI is InChI=1S/C20H15FN4O2/c1-24-6-5-14(10-24)13-3-2-4-17(8-13)25-11-19(22-23-25)15-7-16(12-26)20(27)18(21)9-15/h2-12,27H,1H3. The molecule has 134 valence electrons. The first kappa shape index (κ1) is 16.7. The van der Waals surface area contributed by atoms with Gasteiger partial charge in [-0.2, -0.15) is 0 Å². The van der Waals surface area contributed by atoms with E-state index in [0.29, 0.717) is 17.5 Å². The van der Waals surface area contributed by atoms with E-state index in [2.05, 4.69) is 10.3 Å². The minimum atomic E-state index is -0.879. The highest BCUT2D eigenvalue weighted by Crippen LogP contribution is 2.28. The molecule has 0 aliphatic rings. The van der Waals surface area contributed by atoms with Crippen molar-refractivity contribution in [3.63, 3.8) is 0 Å². The van der Waals surface area contributed by atoms with Gasteiger partial charge in [0.25, 0.3) is 0 Å². The number of hydrogen-bond acceptors (Lipinski definition) is 4. The molecule has 0 atom stereocenters. The Balaban J connectivity index is 1.71. The summed E-state index contributed by atoms with van der Waals surface area (Å²) >= 11 is 0. The zero-order valence-electron chi connectivity index (χ0n) is 14.4. The van der Waals surface area contributed by atoms with Crippen molar-refractivity contribution in [1.82, 2.24) is 19.6 Å². The number of hydrogen-bond donors (Lipinski definition) is 1. The second-order valence-electron chi connectivity index (χ2n) is 6.18. The SMILES string of the molecule is Cn1ccc(-c2cccc(-n3cc(-c4cc(F)c(O)c(C=O)c4)nn3)c2)c1. The van der Waals surface area contributed by atoms with E-state index in [4.69, 9.17) is 0 Å². The second kappa shape index (κ2) is 6.53. The van der Waals surface area contributed by atoms with Gasteiger partial charge < -0.3 is 9.67 Å². The lowest BCUT2D eigenvalue weighted by atomic mass is 10.1. The molecule has 0 unspecified atom stereocenters. The predicted molar refractivity (Wildman–Crippen MR) is 98.2 cm³/mol. The molecule has 0 radical (unpaired) electrons. The maximum atomic E-state index is 13.8. The molecule has 0 bridgehead atoms. The molecule has 0 amide bonds. The Hall–Kier alpha value is -3.74. The number of aryl methyl sites for hydroxylation is 1. The monoisotopic (exact) mass is 362 g/mol. The third kappa shape index (κ3) is 3.10. The maximum Gasteiger partial charge on any atom is 0.166 e. The van der Waals surface area contributed by atoms with Crippen molar-refractivity contribution in [2.75, 3.05) is 0 Å².